The Morgan fingerprint density at radius 3 is 2.62 bits per heavy atom. The zero-order chi connectivity index (χ0) is 9.64. The fraction of sp³-hybridized carbons (Fsp3) is 1.00. The third kappa shape index (κ3) is 1.39. The minimum atomic E-state index is -2.82. The van der Waals surface area contributed by atoms with E-state index in [1.807, 2.05) is 19.0 Å². The quantitative estimate of drug-likeness (QED) is 0.591. The maximum Gasteiger partial charge on any atom is 0.156 e. The van der Waals surface area contributed by atoms with E-state index in [0.717, 1.165) is 6.54 Å². The second kappa shape index (κ2) is 2.93. The lowest BCUT2D eigenvalue weighted by molar-refractivity contribution is 0.256. The Hall–Kier alpha value is -0.130. The molecule has 0 spiro atoms. The van der Waals surface area contributed by atoms with E-state index in [1.54, 1.807) is 0 Å². The predicted molar refractivity (Wildman–Crippen MR) is 51.4 cm³/mol. The first kappa shape index (κ1) is 9.43. The highest BCUT2D eigenvalue weighted by Gasteiger charge is 2.50. The van der Waals surface area contributed by atoms with Crippen LogP contribution >= 0.6 is 0 Å². The summed E-state index contributed by atoms with van der Waals surface area (Å²) >= 11 is 0. The summed E-state index contributed by atoms with van der Waals surface area (Å²) in [5, 5.41) is 3.03. The van der Waals surface area contributed by atoms with Crippen LogP contribution in [0.15, 0.2) is 0 Å². The van der Waals surface area contributed by atoms with Crippen molar-refractivity contribution < 1.29 is 8.42 Å². The molecule has 2 fully saturated rings. The Balaban J connectivity index is 2.28. The van der Waals surface area contributed by atoms with Gasteiger partial charge in [0.25, 0.3) is 0 Å². The Morgan fingerprint density at radius 2 is 2.00 bits per heavy atom. The van der Waals surface area contributed by atoms with Gasteiger partial charge in [-0.25, -0.2) is 8.42 Å². The third-order valence-electron chi connectivity index (χ3n) is 3.22. The highest BCUT2D eigenvalue weighted by Crippen LogP contribution is 2.32. The van der Waals surface area contributed by atoms with Gasteiger partial charge in [0.1, 0.15) is 0 Å². The molecular formula is C8H16N2O2S. The molecule has 0 aromatic rings. The molecule has 76 valence electrons. The highest BCUT2D eigenvalue weighted by molar-refractivity contribution is 7.92. The van der Waals surface area contributed by atoms with Crippen LogP contribution in [-0.4, -0.2) is 57.5 Å². The van der Waals surface area contributed by atoms with Crippen LogP contribution in [0.4, 0.5) is 0 Å². The summed E-state index contributed by atoms with van der Waals surface area (Å²) in [5.41, 5.74) is 0. The van der Waals surface area contributed by atoms with E-state index in [1.165, 1.54) is 0 Å². The summed E-state index contributed by atoms with van der Waals surface area (Å²) in [5.74, 6) is 0.650. The maximum absolute atomic E-state index is 11.7. The van der Waals surface area contributed by atoms with Crippen molar-refractivity contribution in [1.82, 2.24) is 10.2 Å². The molecule has 0 aliphatic carbocycles. The van der Waals surface area contributed by atoms with Gasteiger partial charge in [0.2, 0.25) is 0 Å². The lowest BCUT2D eigenvalue weighted by atomic mass is 10.00. The molecule has 0 aromatic carbocycles. The summed E-state index contributed by atoms with van der Waals surface area (Å²) in [7, 11) is 1.10. The van der Waals surface area contributed by atoms with E-state index in [4.69, 9.17) is 0 Å². The Labute approximate surface area is 79.2 Å². The number of fused-ring (bicyclic) bond motifs is 1. The van der Waals surface area contributed by atoms with Gasteiger partial charge in [-0.05, 0) is 14.1 Å². The van der Waals surface area contributed by atoms with Crippen molar-refractivity contribution in [3.63, 3.8) is 0 Å². The average molecular weight is 204 g/mol. The van der Waals surface area contributed by atoms with E-state index in [0.29, 0.717) is 18.2 Å². The largest absolute Gasteiger partial charge is 0.315 e. The molecule has 3 atom stereocenters. The zero-order valence-corrected chi connectivity index (χ0v) is 8.84. The van der Waals surface area contributed by atoms with Gasteiger partial charge >= 0.3 is 0 Å². The zero-order valence-electron chi connectivity index (χ0n) is 8.03. The summed E-state index contributed by atoms with van der Waals surface area (Å²) < 4.78 is 23.4. The monoisotopic (exact) mass is 204 g/mol. The fourth-order valence-electron chi connectivity index (χ4n) is 2.47. The molecule has 0 bridgehead atoms. The van der Waals surface area contributed by atoms with Crippen molar-refractivity contribution >= 4 is 9.84 Å². The van der Waals surface area contributed by atoms with Gasteiger partial charge in [-0.2, -0.15) is 0 Å². The molecule has 5 heteroatoms. The van der Waals surface area contributed by atoms with Crippen molar-refractivity contribution in [2.24, 2.45) is 5.92 Å². The average Bonchev–Trinajstić information content (AvgIpc) is 2.53. The molecule has 2 aliphatic rings. The molecule has 2 saturated heterocycles. The first-order valence-corrected chi connectivity index (χ1v) is 6.32. The molecule has 4 nitrogen and oxygen atoms in total. The fourth-order valence-corrected chi connectivity index (χ4v) is 4.92. The molecule has 0 amide bonds. The molecule has 2 rings (SSSR count). The first-order valence-electron chi connectivity index (χ1n) is 4.61. The summed E-state index contributed by atoms with van der Waals surface area (Å²) in [4.78, 5) is 2.04. The van der Waals surface area contributed by atoms with Gasteiger partial charge < -0.3 is 10.2 Å². The number of nitrogens with one attached hydrogen (secondary N) is 1. The number of nitrogens with zero attached hydrogens (tertiary/aromatic N) is 1. The SMILES string of the molecule is CN(C)[C@H]1CS(=O)(=O)[C@@H]2CNC[C@@H]21. The van der Waals surface area contributed by atoms with Crippen molar-refractivity contribution in [3.8, 4) is 0 Å². The Morgan fingerprint density at radius 1 is 1.31 bits per heavy atom. The van der Waals surface area contributed by atoms with Crippen LogP contribution in [-0.2, 0) is 9.84 Å². The lowest BCUT2D eigenvalue weighted by Gasteiger charge is -2.23. The molecule has 0 unspecified atom stereocenters. The van der Waals surface area contributed by atoms with Gasteiger partial charge in [-0.3, -0.25) is 0 Å². The van der Waals surface area contributed by atoms with E-state index in [2.05, 4.69) is 5.32 Å². The normalized spacial score (nSPS) is 42.5. The minimum Gasteiger partial charge on any atom is -0.315 e. The van der Waals surface area contributed by atoms with Gasteiger partial charge in [0.05, 0.1) is 11.0 Å². The van der Waals surface area contributed by atoms with Gasteiger partial charge in [0, 0.05) is 25.0 Å². The molecule has 13 heavy (non-hydrogen) atoms. The minimum absolute atomic E-state index is 0.125. The summed E-state index contributed by atoms with van der Waals surface area (Å²) in [6, 6.07) is 0.213. The summed E-state index contributed by atoms with van der Waals surface area (Å²) in [6.45, 7) is 1.50. The highest BCUT2D eigenvalue weighted by atomic mass is 32.2. The van der Waals surface area contributed by atoms with Crippen LogP contribution in [0.25, 0.3) is 0 Å². The van der Waals surface area contributed by atoms with Crippen molar-refractivity contribution in [1.29, 1.82) is 0 Å². The molecular weight excluding hydrogens is 188 g/mol. The van der Waals surface area contributed by atoms with Gasteiger partial charge in [-0.1, -0.05) is 0 Å². The molecule has 1 N–H and O–H groups in total. The van der Waals surface area contributed by atoms with E-state index < -0.39 is 9.84 Å². The number of sulfone groups is 1. The van der Waals surface area contributed by atoms with E-state index in [-0.39, 0.29) is 11.3 Å². The van der Waals surface area contributed by atoms with Crippen LogP contribution < -0.4 is 5.32 Å². The van der Waals surface area contributed by atoms with E-state index in [9.17, 15) is 8.42 Å². The second-order valence-corrected chi connectivity index (χ2v) is 6.49. The molecule has 2 aliphatic heterocycles. The third-order valence-corrected chi connectivity index (χ3v) is 5.47. The van der Waals surface area contributed by atoms with Gasteiger partial charge in [-0.15, -0.1) is 0 Å². The van der Waals surface area contributed by atoms with E-state index >= 15 is 0 Å². The van der Waals surface area contributed by atoms with Crippen LogP contribution in [0, 0.1) is 5.92 Å². The lowest BCUT2D eigenvalue weighted by Crippen LogP contribution is -2.36. The van der Waals surface area contributed by atoms with Crippen molar-refractivity contribution in [2.75, 3.05) is 32.9 Å². The van der Waals surface area contributed by atoms with Crippen LogP contribution in [0.3, 0.4) is 0 Å². The maximum atomic E-state index is 11.7. The Bertz CT molecular complexity index is 299. The molecule has 0 saturated carbocycles. The second-order valence-electron chi connectivity index (χ2n) is 4.22. The van der Waals surface area contributed by atoms with Crippen LogP contribution in [0.2, 0.25) is 0 Å². The number of hydrogen-bond donors (Lipinski definition) is 1. The number of hydrogen-bond acceptors (Lipinski definition) is 4. The molecule has 0 aromatic heterocycles. The smallest absolute Gasteiger partial charge is 0.156 e. The first-order chi connectivity index (χ1) is 6.02. The molecule has 2 heterocycles. The number of rotatable bonds is 1. The van der Waals surface area contributed by atoms with Crippen LogP contribution in [0.1, 0.15) is 0 Å². The van der Waals surface area contributed by atoms with Crippen molar-refractivity contribution in [2.45, 2.75) is 11.3 Å². The Kier molecular flexibility index (Phi) is 2.13. The van der Waals surface area contributed by atoms with Crippen LogP contribution in [0.5, 0.6) is 0 Å². The van der Waals surface area contributed by atoms with Crippen molar-refractivity contribution in [3.05, 3.63) is 0 Å². The molecule has 0 radical (unpaired) electrons. The summed E-state index contributed by atoms with van der Waals surface area (Å²) in [6.07, 6.45) is 0. The predicted octanol–water partition coefficient (Wildman–Crippen LogP) is -1.07. The topological polar surface area (TPSA) is 49.4 Å². The van der Waals surface area contributed by atoms with Gasteiger partial charge in [0.15, 0.2) is 9.84 Å². The standard InChI is InChI=1S/C8H16N2O2S/c1-10(2)7-5-13(11,12)8-4-9-3-6(7)8/h6-9H,3-5H2,1-2H3/t6-,7+,8-/m1/s1.